The number of benzene rings is 1. The van der Waals surface area contributed by atoms with Gasteiger partial charge in [-0.3, -0.25) is 4.79 Å². The Morgan fingerprint density at radius 2 is 1.93 bits per heavy atom. The van der Waals surface area contributed by atoms with Gasteiger partial charge in [0.15, 0.2) is 0 Å². The molecular formula is C13H17NO. The van der Waals surface area contributed by atoms with Crippen LogP contribution >= 0.6 is 0 Å². The Kier molecular flexibility index (Phi) is 3.51. The van der Waals surface area contributed by atoms with E-state index in [0.29, 0.717) is 0 Å². The van der Waals surface area contributed by atoms with Crippen LogP contribution in [0.15, 0.2) is 24.3 Å². The van der Waals surface area contributed by atoms with Crippen LogP contribution in [0.3, 0.4) is 0 Å². The SMILES string of the molecule is O=Cc1ccccc1CCN1CCCC1. The lowest BCUT2D eigenvalue weighted by atomic mass is 10.1. The predicted octanol–water partition coefficient (Wildman–Crippen LogP) is 2.14. The first-order valence-corrected chi connectivity index (χ1v) is 5.65. The highest BCUT2D eigenvalue weighted by atomic mass is 16.1. The summed E-state index contributed by atoms with van der Waals surface area (Å²) in [6.45, 7) is 3.54. The van der Waals surface area contributed by atoms with E-state index in [2.05, 4.69) is 11.0 Å². The van der Waals surface area contributed by atoms with Crippen LogP contribution in [0.1, 0.15) is 28.8 Å². The van der Waals surface area contributed by atoms with Gasteiger partial charge in [-0.25, -0.2) is 0 Å². The Bertz CT molecular complexity index is 329. The maximum atomic E-state index is 10.8. The molecule has 0 N–H and O–H groups in total. The Hall–Kier alpha value is -1.15. The highest BCUT2D eigenvalue weighted by Crippen LogP contribution is 2.11. The quantitative estimate of drug-likeness (QED) is 0.699. The summed E-state index contributed by atoms with van der Waals surface area (Å²) in [4.78, 5) is 13.3. The van der Waals surface area contributed by atoms with Crippen LogP contribution in [0.2, 0.25) is 0 Å². The zero-order chi connectivity index (χ0) is 10.5. The van der Waals surface area contributed by atoms with Gasteiger partial charge in [-0.1, -0.05) is 24.3 Å². The fourth-order valence-electron chi connectivity index (χ4n) is 2.16. The van der Waals surface area contributed by atoms with Gasteiger partial charge in [0, 0.05) is 12.1 Å². The Morgan fingerprint density at radius 1 is 1.20 bits per heavy atom. The normalized spacial score (nSPS) is 16.8. The molecule has 0 unspecified atom stereocenters. The zero-order valence-corrected chi connectivity index (χ0v) is 8.98. The maximum absolute atomic E-state index is 10.8. The van der Waals surface area contributed by atoms with Gasteiger partial charge < -0.3 is 4.90 Å². The van der Waals surface area contributed by atoms with Crippen LogP contribution in [0, 0.1) is 0 Å². The van der Waals surface area contributed by atoms with E-state index < -0.39 is 0 Å². The number of hydrogen-bond donors (Lipinski definition) is 0. The summed E-state index contributed by atoms with van der Waals surface area (Å²) in [6, 6.07) is 7.88. The smallest absolute Gasteiger partial charge is 0.150 e. The minimum absolute atomic E-state index is 0.844. The molecule has 1 aliphatic heterocycles. The van der Waals surface area contributed by atoms with Gasteiger partial charge in [0.2, 0.25) is 0 Å². The third-order valence-electron chi connectivity index (χ3n) is 3.08. The van der Waals surface area contributed by atoms with Crippen LogP contribution in [-0.2, 0) is 6.42 Å². The largest absolute Gasteiger partial charge is 0.303 e. The number of hydrogen-bond acceptors (Lipinski definition) is 2. The Labute approximate surface area is 90.9 Å². The highest BCUT2D eigenvalue weighted by molar-refractivity contribution is 5.77. The molecule has 80 valence electrons. The van der Waals surface area contributed by atoms with Crippen LogP contribution in [0.4, 0.5) is 0 Å². The standard InChI is InChI=1S/C13H17NO/c15-11-13-6-2-1-5-12(13)7-10-14-8-3-4-9-14/h1-2,5-6,11H,3-4,7-10H2. The van der Waals surface area contributed by atoms with Crippen molar-refractivity contribution in [1.29, 1.82) is 0 Å². The fourth-order valence-corrected chi connectivity index (χ4v) is 2.16. The molecule has 0 atom stereocenters. The summed E-state index contributed by atoms with van der Waals surface area (Å²) in [7, 11) is 0. The molecular weight excluding hydrogens is 186 g/mol. The van der Waals surface area contributed by atoms with Crippen LogP contribution in [0.25, 0.3) is 0 Å². The van der Waals surface area contributed by atoms with Gasteiger partial charge in [-0.15, -0.1) is 0 Å². The molecule has 0 spiro atoms. The molecule has 2 nitrogen and oxygen atoms in total. The van der Waals surface area contributed by atoms with Gasteiger partial charge in [0.1, 0.15) is 6.29 Å². The zero-order valence-electron chi connectivity index (χ0n) is 8.98. The van der Waals surface area contributed by atoms with Crippen molar-refractivity contribution in [2.45, 2.75) is 19.3 Å². The molecule has 0 radical (unpaired) electrons. The number of likely N-dealkylation sites (tertiary alicyclic amines) is 1. The molecule has 0 saturated carbocycles. The molecule has 1 fully saturated rings. The summed E-state index contributed by atoms with van der Waals surface area (Å²) in [5.41, 5.74) is 2.02. The average molecular weight is 203 g/mol. The minimum Gasteiger partial charge on any atom is -0.303 e. The van der Waals surface area contributed by atoms with Gasteiger partial charge in [-0.05, 0) is 37.9 Å². The molecule has 0 aromatic heterocycles. The lowest BCUT2D eigenvalue weighted by molar-refractivity contribution is 0.112. The second-order valence-corrected chi connectivity index (χ2v) is 4.12. The van der Waals surface area contributed by atoms with Crippen molar-refractivity contribution in [1.82, 2.24) is 4.90 Å². The third kappa shape index (κ3) is 2.66. The van der Waals surface area contributed by atoms with E-state index in [9.17, 15) is 4.79 Å². The van der Waals surface area contributed by atoms with Crippen molar-refractivity contribution in [2.24, 2.45) is 0 Å². The Balaban J connectivity index is 1.94. The van der Waals surface area contributed by atoms with Crippen LogP contribution in [0.5, 0.6) is 0 Å². The summed E-state index contributed by atoms with van der Waals surface area (Å²) in [5.74, 6) is 0. The maximum Gasteiger partial charge on any atom is 0.150 e. The molecule has 0 aliphatic carbocycles. The minimum atomic E-state index is 0.844. The number of aldehydes is 1. The summed E-state index contributed by atoms with van der Waals surface area (Å²) >= 11 is 0. The fraction of sp³-hybridized carbons (Fsp3) is 0.462. The molecule has 0 bridgehead atoms. The first-order valence-electron chi connectivity index (χ1n) is 5.65. The topological polar surface area (TPSA) is 20.3 Å². The number of carbonyl (C=O) groups excluding carboxylic acids is 1. The van der Waals surface area contributed by atoms with Crippen molar-refractivity contribution in [3.05, 3.63) is 35.4 Å². The van der Waals surface area contributed by atoms with E-state index in [4.69, 9.17) is 0 Å². The molecule has 1 heterocycles. The Morgan fingerprint density at radius 3 is 2.67 bits per heavy atom. The second-order valence-electron chi connectivity index (χ2n) is 4.12. The van der Waals surface area contributed by atoms with Gasteiger partial charge in [0.05, 0.1) is 0 Å². The first kappa shape index (κ1) is 10.4. The van der Waals surface area contributed by atoms with Gasteiger partial charge >= 0.3 is 0 Å². The summed E-state index contributed by atoms with van der Waals surface area (Å²) < 4.78 is 0. The molecule has 15 heavy (non-hydrogen) atoms. The second kappa shape index (κ2) is 5.08. The van der Waals surface area contributed by atoms with Crippen molar-refractivity contribution in [3.8, 4) is 0 Å². The van der Waals surface area contributed by atoms with Crippen molar-refractivity contribution < 1.29 is 4.79 Å². The predicted molar refractivity (Wildman–Crippen MR) is 61.2 cm³/mol. The molecule has 1 aliphatic rings. The monoisotopic (exact) mass is 203 g/mol. The van der Waals surface area contributed by atoms with E-state index in [-0.39, 0.29) is 0 Å². The summed E-state index contributed by atoms with van der Waals surface area (Å²) in [5, 5.41) is 0. The summed E-state index contributed by atoms with van der Waals surface area (Å²) in [6.07, 6.45) is 4.61. The number of nitrogens with zero attached hydrogens (tertiary/aromatic N) is 1. The third-order valence-corrected chi connectivity index (χ3v) is 3.08. The molecule has 0 amide bonds. The highest BCUT2D eigenvalue weighted by Gasteiger charge is 2.11. The molecule has 1 aromatic rings. The van der Waals surface area contributed by atoms with Crippen LogP contribution < -0.4 is 0 Å². The van der Waals surface area contributed by atoms with Gasteiger partial charge in [0.25, 0.3) is 0 Å². The molecule has 2 rings (SSSR count). The molecule has 2 heteroatoms. The molecule has 1 saturated heterocycles. The van der Waals surface area contributed by atoms with Crippen molar-refractivity contribution in [3.63, 3.8) is 0 Å². The van der Waals surface area contributed by atoms with E-state index in [1.165, 1.54) is 31.5 Å². The number of carbonyl (C=O) groups is 1. The van der Waals surface area contributed by atoms with Crippen molar-refractivity contribution >= 4 is 6.29 Å². The van der Waals surface area contributed by atoms with E-state index >= 15 is 0 Å². The van der Waals surface area contributed by atoms with E-state index in [1.807, 2.05) is 18.2 Å². The first-order chi connectivity index (χ1) is 7.40. The lowest BCUT2D eigenvalue weighted by Crippen LogP contribution is -2.22. The van der Waals surface area contributed by atoms with Crippen LogP contribution in [-0.4, -0.2) is 30.8 Å². The average Bonchev–Trinajstić information content (AvgIpc) is 2.79. The molecule has 1 aromatic carbocycles. The van der Waals surface area contributed by atoms with Crippen molar-refractivity contribution in [2.75, 3.05) is 19.6 Å². The lowest BCUT2D eigenvalue weighted by Gasteiger charge is -2.14. The van der Waals surface area contributed by atoms with E-state index in [1.54, 1.807) is 0 Å². The van der Waals surface area contributed by atoms with E-state index in [0.717, 1.165) is 24.8 Å². The van der Waals surface area contributed by atoms with Gasteiger partial charge in [-0.2, -0.15) is 0 Å². The number of rotatable bonds is 4.